The van der Waals surface area contributed by atoms with E-state index in [0.29, 0.717) is 10.9 Å². The lowest BCUT2D eigenvalue weighted by molar-refractivity contribution is 0.618. The molecule has 2 N–H and O–H groups in total. The number of halogens is 2. The lowest BCUT2D eigenvalue weighted by Crippen LogP contribution is -2.09. The summed E-state index contributed by atoms with van der Waals surface area (Å²) in [5, 5.41) is 0. The van der Waals surface area contributed by atoms with Gasteiger partial charge in [0.2, 0.25) is 0 Å². The number of rotatable bonds is 2. The van der Waals surface area contributed by atoms with Crippen LogP contribution in [0.15, 0.2) is 22.7 Å². The van der Waals surface area contributed by atoms with E-state index in [1.807, 2.05) is 0 Å². The van der Waals surface area contributed by atoms with Crippen LogP contribution in [0, 0.1) is 17.7 Å². The van der Waals surface area contributed by atoms with Crippen molar-refractivity contribution < 1.29 is 4.39 Å². The summed E-state index contributed by atoms with van der Waals surface area (Å²) in [5.74, 6) is 5.40. The molecule has 0 aliphatic heterocycles. The minimum Gasteiger partial charge on any atom is -0.323 e. The first-order chi connectivity index (χ1) is 6.65. The minimum atomic E-state index is -0.275. The fraction of sp³-hybridized carbons (Fsp3) is 0.273. The molecule has 0 spiro atoms. The first-order valence-corrected chi connectivity index (χ1v) is 5.04. The first kappa shape index (κ1) is 11.2. The second kappa shape index (κ2) is 5.14. The predicted molar refractivity (Wildman–Crippen MR) is 59.1 cm³/mol. The molecule has 0 saturated heterocycles. The van der Waals surface area contributed by atoms with Crippen molar-refractivity contribution in [3.05, 3.63) is 34.1 Å². The van der Waals surface area contributed by atoms with Gasteiger partial charge in [0, 0.05) is 12.5 Å². The van der Waals surface area contributed by atoms with Crippen molar-refractivity contribution in [2.45, 2.75) is 19.4 Å². The van der Waals surface area contributed by atoms with Gasteiger partial charge < -0.3 is 5.73 Å². The monoisotopic (exact) mass is 255 g/mol. The van der Waals surface area contributed by atoms with Crippen LogP contribution in [0.5, 0.6) is 0 Å². The van der Waals surface area contributed by atoms with Crippen molar-refractivity contribution in [3.63, 3.8) is 0 Å². The Morgan fingerprint density at radius 1 is 1.57 bits per heavy atom. The third-order valence-electron chi connectivity index (χ3n) is 1.87. The third-order valence-corrected chi connectivity index (χ3v) is 2.48. The van der Waals surface area contributed by atoms with E-state index in [1.54, 1.807) is 19.1 Å². The first-order valence-electron chi connectivity index (χ1n) is 4.25. The molecule has 1 rings (SSSR count). The van der Waals surface area contributed by atoms with Crippen LogP contribution in [0.25, 0.3) is 0 Å². The van der Waals surface area contributed by atoms with E-state index >= 15 is 0 Å². The van der Waals surface area contributed by atoms with E-state index in [9.17, 15) is 4.39 Å². The van der Waals surface area contributed by atoms with Gasteiger partial charge in [-0.1, -0.05) is 6.07 Å². The van der Waals surface area contributed by atoms with Crippen molar-refractivity contribution in [3.8, 4) is 11.8 Å². The van der Waals surface area contributed by atoms with E-state index in [0.717, 1.165) is 5.56 Å². The van der Waals surface area contributed by atoms with E-state index in [4.69, 9.17) is 5.73 Å². The zero-order chi connectivity index (χ0) is 10.6. The Morgan fingerprint density at radius 3 is 2.86 bits per heavy atom. The average Bonchev–Trinajstić information content (AvgIpc) is 2.18. The molecular weight excluding hydrogens is 245 g/mol. The zero-order valence-electron chi connectivity index (χ0n) is 7.85. The maximum absolute atomic E-state index is 12.9. The van der Waals surface area contributed by atoms with Crippen molar-refractivity contribution in [1.82, 2.24) is 0 Å². The molecule has 3 heteroatoms. The van der Waals surface area contributed by atoms with Crippen molar-refractivity contribution in [2.24, 2.45) is 5.73 Å². The maximum atomic E-state index is 12.9. The Kier molecular flexibility index (Phi) is 4.12. The average molecular weight is 256 g/mol. The molecule has 0 aliphatic rings. The molecule has 0 bridgehead atoms. The standard InChI is InChI=1S/C11H11BrFN/c1-2-3-4-11(14)8-5-6-10(13)9(12)7-8/h5-7,11H,4,14H2,1H3. The van der Waals surface area contributed by atoms with E-state index in [-0.39, 0.29) is 11.9 Å². The summed E-state index contributed by atoms with van der Waals surface area (Å²) in [6, 6.07) is 4.62. The molecule has 0 aliphatic carbocycles. The fourth-order valence-electron chi connectivity index (χ4n) is 1.07. The maximum Gasteiger partial charge on any atom is 0.137 e. The smallest absolute Gasteiger partial charge is 0.137 e. The molecule has 0 heterocycles. The third kappa shape index (κ3) is 2.83. The molecule has 1 unspecified atom stereocenters. The summed E-state index contributed by atoms with van der Waals surface area (Å²) in [7, 11) is 0. The van der Waals surface area contributed by atoms with Crippen molar-refractivity contribution in [2.75, 3.05) is 0 Å². The van der Waals surface area contributed by atoms with Gasteiger partial charge in [-0.2, -0.15) is 0 Å². The zero-order valence-corrected chi connectivity index (χ0v) is 9.44. The van der Waals surface area contributed by atoms with Crippen LogP contribution in [-0.2, 0) is 0 Å². The van der Waals surface area contributed by atoms with Crippen LogP contribution in [0.4, 0.5) is 4.39 Å². The molecule has 0 fully saturated rings. The quantitative estimate of drug-likeness (QED) is 0.809. The van der Waals surface area contributed by atoms with Gasteiger partial charge in [-0.25, -0.2) is 4.39 Å². The molecule has 0 saturated carbocycles. The summed E-state index contributed by atoms with van der Waals surface area (Å²) >= 11 is 3.12. The molecule has 1 aromatic rings. The molecule has 1 nitrogen and oxygen atoms in total. The molecule has 0 aromatic heterocycles. The normalized spacial score (nSPS) is 11.7. The van der Waals surface area contributed by atoms with Crippen molar-refractivity contribution in [1.29, 1.82) is 0 Å². The van der Waals surface area contributed by atoms with Crippen LogP contribution in [0.1, 0.15) is 24.9 Å². The molecule has 74 valence electrons. The SMILES string of the molecule is CC#CCC(N)c1ccc(F)c(Br)c1. The highest BCUT2D eigenvalue weighted by Crippen LogP contribution is 2.21. The van der Waals surface area contributed by atoms with E-state index in [1.165, 1.54) is 6.07 Å². The Hall–Kier alpha value is -0.850. The van der Waals surface area contributed by atoms with E-state index in [2.05, 4.69) is 27.8 Å². The summed E-state index contributed by atoms with van der Waals surface area (Å²) < 4.78 is 13.3. The van der Waals surface area contributed by atoms with Gasteiger partial charge in [0.25, 0.3) is 0 Å². The Labute approximate surface area is 91.6 Å². The summed E-state index contributed by atoms with van der Waals surface area (Å²) in [4.78, 5) is 0. The van der Waals surface area contributed by atoms with Gasteiger partial charge in [0.05, 0.1) is 4.47 Å². The Balaban J connectivity index is 2.83. The van der Waals surface area contributed by atoms with Gasteiger partial charge in [0.15, 0.2) is 0 Å². The van der Waals surface area contributed by atoms with Gasteiger partial charge in [-0.15, -0.1) is 11.8 Å². The van der Waals surface area contributed by atoms with Crippen molar-refractivity contribution >= 4 is 15.9 Å². The fourth-order valence-corrected chi connectivity index (χ4v) is 1.47. The molecule has 1 atom stereocenters. The van der Waals surface area contributed by atoms with Crippen LogP contribution in [-0.4, -0.2) is 0 Å². The second-order valence-corrected chi connectivity index (χ2v) is 3.77. The van der Waals surface area contributed by atoms with Gasteiger partial charge in [-0.3, -0.25) is 0 Å². The summed E-state index contributed by atoms with van der Waals surface area (Å²) in [5.41, 5.74) is 6.74. The predicted octanol–water partition coefficient (Wildman–Crippen LogP) is 3.00. The number of nitrogens with two attached hydrogens (primary N) is 1. The van der Waals surface area contributed by atoms with Gasteiger partial charge in [0.1, 0.15) is 5.82 Å². The topological polar surface area (TPSA) is 26.0 Å². The second-order valence-electron chi connectivity index (χ2n) is 2.91. The van der Waals surface area contributed by atoms with E-state index < -0.39 is 0 Å². The van der Waals surface area contributed by atoms with Gasteiger partial charge in [-0.05, 0) is 40.5 Å². The Morgan fingerprint density at radius 2 is 2.29 bits per heavy atom. The number of hydrogen-bond donors (Lipinski definition) is 1. The Bertz CT molecular complexity index is 379. The lowest BCUT2D eigenvalue weighted by atomic mass is 10.1. The minimum absolute atomic E-state index is 0.153. The van der Waals surface area contributed by atoms with Crippen LogP contribution in [0.3, 0.4) is 0 Å². The van der Waals surface area contributed by atoms with Crippen LogP contribution < -0.4 is 5.73 Å². The number of hydrogen-bond acceptors (Lipinski definition) is 1. The lowest BCUT2D eigenvalue weighted by Gasteiger charge is -2.08. The number of benzene rings is 1. The summed E-state index contributed by atoms with van der Waals surface area (Å²) in [6.07, 6.45) is 0.592. The molecule has 0 radical (unpaired) electrons. The molecule has 0 amide bonds. The van der Waals surface area contributed by atoms with Crippen LogP contribution in [0.2, 0.25) is 0 Å². The highest BCUT2D eigenvalue weighted by atomic mass is 79.9. The molecule has 1 aromatic carbocycles. The largest absolute Gasteiger partial charge is 0.323 e. The highest BCUT2D eigenvalue weighted by molar-refractivity contribution is 9.10. The molecule has 14 heavy (non-hydrogen) atoms. The highest BCUT2D eigenvalue weighted by Gasteiger charge is 2.06. The van der Waals surface area contributed by atoms with Crippen LogP contribution >= 0.6 is 15.9 Å². The molecular formula is C11H11BrFN. The van der Waals surface area contributed by atoms with Gasteiger partial charge >= 0.3 is 0 Å². The summed E-state index contributed by atoms with van der Waals surface area (Å²) in [6.45, 7) is 1.77.